The molecule has 0 heterocycles. The monoisotopic (exact) mass is 293 g/mol. The molecule has 2 saturated carbocycles. The molecule has 0 aromatic carbocycles. The van der Waals surface area contributed by atoms with Gasteiger partial charge in [0, 0.05) is 12.6 Å². The van der Waals surface area contributed by atoms with Gasteiger partial charge in [-0.25, -0.2) is 0 Å². The Hall–Kier alpha value is -0.0400. The zero-order valence-electron chi connectivity index (χ0n) is 14.9. The Morgan fingerprint density at radius 2 is 1.76 bits per heavy atom. The van der Waals surface area contributed by atoms with Crippen LogP contribution in [0.4, 0.5) is 0 Å². The lowest BCUT2D eigenvalue weighted by Gasteiger charge is -2.33. The Balaban J connectivity index is 1.78. The highest BCUT2D eigenvalue weighted by atomic mass is 14.9. The van der Waals surface area contributed by atoms with Crippen LogP contribution in [0.2, 0.25) is 0 Å². The molecule has 21 heavy (non-hydrogen) atoms. The van der Waals surface area contributed by atoms with Crippen molar-refractivity contribution in [3.05, 3.63) is 0 Å². The first-order valence-corrected chi connectivity index (χ1v) is 9.87. The molecule has 0 amide bonds. The first-order valence-electron chi connectivity index (χ1n) is 9.87. The van der Waals surface area contributed by atoms with Crippen LogP contribution in [-0.4, -0.2) is 12.6 Å². The average molecular weight is 294 g/mol. The normalized spacial score (nSPS) is 29.7. The molecule has 1 N–H and O–H groups in total. The summed E-state index contributed by atoms with van der Waals surface area (Å²) in [6.07, 6.45) is 17.4. The highest BCUT2D eigenvalue weighted by Crippen LogP contribution is 2.43. The van der Waals surface area contributed by atoms with Gasteiger partial charge in [-0.15, -0.1) is 0 Å². The van der Waals surface area contributed by atoms with E-state index in [1.807, 2.05) is 0 Å². The van der Waals surface area contributed by atoms with Gasteiger partial charge in [0.15, 0.2) is 0 Å². The van der Waals surface area contributed by atoms with E-state index in [2.05, 4.69) is 26.1 Å². The van der Waals surface area contributed by atoms with Gasteiger partial charge in [-0.2, -0.15) is 0 Å². The molecule has 0 radical (unpaired) electrons. The summed E-state index contributed by atoms with van der Waals surface area (Å²) in [4.78, 5) is 0. The van der Waals surface area contributed by atoms with Crippen LogP contribution in [0.1, 0.15) is 97.8 Å². The van der Waals surface area contributed by atoms with Gasteiger partial charge in [0.25, 0.3) is 0 Å². The van der Waals surface area contributed by atoms with Gasteiger partial charge >= 0.3 is 0 Å². The van der Waals surface area contributed by atoms with Crippen molar-refractivity contribution >= 4 is 0 Å². The molecule has 0 aliphatic heterocycles. The molecule has 2 fully saturated rings. The van der Waals surface area contributed by atoms with Crippen LogP contribution < -0.4 is 5.32 Å². The highest BCUT2D eigenvalue weighted by Gasteiger charge is 2.34. The second-order valence-corrected chi connectivity index (χ2v) is 8.55. The molecular formula is C20H39N. The zero-order valence-corrected chi connectivity index (χ0v) is 14.9. The summed E-state index contributed by atoms with van der Waals surface area (Å²) < 4.78 is 0. The van der Waals surface area contributed by atoms with Gasteiger partial charge in [0.2, 0.25) is 0 Å². The molecular weight excluding hydrogens is 254 g/mol. The predicted molar refractivity (Wildman–Crippen MR) is 93.6 cm³/mol. The van der Waals surface area contributed by atoms with Gasteiger partial charge < -0.3 is 5.32 Å². The minimum Gasteiger partial charge on any atom is -0.313 e. The summed E-state index contributed by atoms with van der Waals surface area (Å²) in [5.41, 5.74) is 0.642. The lowest BCUT2D eigenvalue weighted by atomic mass is 9.78. The maximum absolute atomic E-state index is 4.01. The molecule has 2 aliphatic rings. The third-order valence-corrected chi connectivity index (χ3v) is 6.06. The summed E-state index contributed by atoms with van der Waals surface area (Å²) in [5.74, 6) is 1.88. The third kappa shape index (κ3) is 5.58. The van der Waals surface area contributed by atoms with Crippen molar-refractivity contribution in [2.24, 2.45) is 17.3 Å². The minimum atomic E-state index is 0.642. The maximum atomic E-state index is 4.01. The average Bonchev–Trinajstić information content (AvgIpc) is 2.77. The van der Waals surface area contributed by atoms with E-state index in [1.165, 1.54) is 83.6 Å². The largest absolute Gasteiger partial charge is 0.313 e. The van der Waals surface area contributed by atoms with Crippen LogP contribution in [0.5, 0.6) is 0 Å². The Labute approximate surface area is 133 Å². The van der Waals surface area contributed by atoms with Crippen LogP contribution >= 0.6 is 0 Å². The Morgan fingerprint density at radius 3 is 2.43 bits per heavy atom. The van der Waals surface area contributed by atoms with Crippen LogP contribution in [0.25, 0.3) is 0 Å². The molecule has 2 rings (SSSR count). The smallest absolute Gasteiger partial charge is 0.00673 e. The van der Waals surface area contributed by atoms with E-state index in [1.54, 1.807) is 0 Å². The minimum absolute atomic E-state index is 0.642. The second-order valence-electron chi connectivity index (χ2n) is 8.55. The zero-order chi connectivity index (χ0) is 15.1. The molecule has 2 atom stereocenters. The fourth-order valence-corrected chi connectivity index (χ4v) is 5.08. The number of rotatable bonds is 7. The Morgan fingerprint density at radius 1 is 1.00 bits per heavy atom. The number of hydrogen-bond acceptors (Lipinski definition) is 1. The summed E-state index contributed by atoms with van der Waals surface area (Å²) in [5, 5.41) is 4.01. The fraction of sp³-hybridized carbons (Fsp3) is 1.00. The van der Waals surface area contributed by atoms with Crippen LogP contribution in [0.3, 0.4) is 0 Å². The summed E-state index contributed by atoms with van der Waals surface area (Å²) in [7, 11) is 0. The summed E-state index contributed by atoms with van der Waals surface area (Å²) in [6.45, 7) is 8.45. The first-order chi connectivity index (χ1) is 10.1. The molecule has 0 aromatic rings. The third-order valence-electron chi connectivity index (χ3n) is 6.06. The molecule has 0 spiro atoms. The lowest BCUT2D eigenvalue weighted by Crippen LogP contribution is -2.39. The number of nitrogens with one attached hydrogen (secondary N) is 1. The van der Waals surface area contributed by atoms with Gasteiger partial charge in [0.05, 0.1) is 0 Å². The van der Waals surface area contributed by atoms with Gasteiger partial charge in [-0.3, -0.25) is 0 Å². The van der Waals surface area contributed by atoms with Crippen molar-refractivity contribution in [3.63, 3.8) is 0 Å². The molecule has 2 aliphatic carbocycles. The standard InChI is InChI=1S/C20H39N/c1-4-8-18-9-7-10-19(12-11-18)21-16-20(15-17(2)3)13-5-6-14-20/h17-19,21H,4-16H2,1-3H3. The highest BCUT2D eigenvalue weighted by molar-refractivity contribution is 4.89. The second kappa shape index (κ2) is 8.56. The molecule has 0 aromatic heterocycles. The molecule has 1 nitrogen and oxygen atoms in total. The van der Waals surface area contributed by atoms with E-state index < -0.39 is 0 Å². The quantitative estimate of drug-likeness (QED) is 0.573. The molecule has 1 heteroatoms. The summed E-state index contributed by atoms with van der Waals surface area (Å²) in [6, 6.07) is 0.816. The maximum Gasteiger partial charge on any atom is 0.00673 e. The molecule has 124 valence electrons. The van der Waals surface area contributed by atoms with Crippen molar-refractivity contribution < 1.29 is 0 Å². The van der Waals surface area contributed by atoms with E-state index >= 15 is 0 Å². The van der Waals surface area contributed by atoms with Crippen LogP contribution in [-0.2, 0) is 0 Å². The van der Waals surface area contributed by atoms with Crippen molar-refractivity contribution in [2.45, 2.75) is 104 Å². The number of hydrogen-bond donors (Lipinski definition) is 1. The Kier molecular flexibility index (Phi) is 7.05. The van der Waals surface area contributed by atoms with Crippen molar-refractivity contribution in [3.8, 4) is 0 Å². The van der Waals surface area contributed by atoms with Crippen molar-refractivity contribution in [1.29, 1.82) is 0 Å². The van der Waals surface area contributed by atoms with E-state index in [-0.39, 0.29) is 0 Å². The van der Waals surface area contributed by atoms with Gasteiger partial charge in [0.1, 0.15) is 0 Å². The van der Waals surface area contributed by atoms with Gasteiger partial charge in [-0.05, 0) is 55.8 Å². The van der Waals surface area contributed by atoms with Crippen molar-refractivity contribution in [2.75, 3.05) is 6.54 Å². The summed E-state index contributed by atoms with van der Waals surface area (Å²) >= 11 is 0. The fourth-order valence-electron chi connectivity index (χ4n) is 5.08. The topological polar surface area (TPSA) is 12.0 Å². The molecule has 0 bridgehead atoms. The van der Waals surface area contributed by atoms with Gasteiger partial charge in [-0.1, -0.05) is 59.3 Å². The molecule has 2 unspecified atom stereocenters. The van der Waals surface area contributed by atoms with E-state index in [0.717, 1.165) is 17.9 Å². The van der Waals surface area contributed by atoms with Crippen LogP contribution in [0, 0.1) is 17.3 Å². The Bertz CT molecular complexity index is 278. The van der Waals surface area contributed by atoms with Crippen LogP contribution in [0.15, 0.2) is 0 Å². The predicted octanol–water partition coefficient (Wildman–Crippen LogP) is 5.93. The molecule has 0 saturated heterocycles. The SMILES string of the molecule is CCCC1CCCC(NCC2(CC(C)C)CCCC2)CC1. The van der Waals surface area contributed by atoms with E-state index in [0.29, 0.717) is 5.41 Å². The van der Waals surface area contributed by atoms with E-state index in [9.17, 15) is 0 Å². The van der Waals surface area contributed by atoms with Crippen molar-refractivity contribution in [1.82, 2.24) is 5.32 Å². The first kappa shape index (κ1) is 17.3. The lowest BCUT2D eigenvalue weighted by molar-refractivity contribution is 0.211. The van der Waals surface area contributed by atoms with E-state index in [4.69, 9.17) is 0 Å².